The number of hydrogen-bond donors (Lipinski definition) is 1. The summed E-state index contributed by atoms with van der Waals surface area (Å²) >= 11 is 5.25. The summed E-state index contributed by atoms with van der Waals surface area (Å²) in [5.41, 5.74) is 1.30. The molecule has 102 valence electrons. The second kappa shape index (κ2) is 6.59. The number of halogens is 1. The topological polar surface area (TPSA) is 29.9 Å². The Kier molecular flexibility index (Phi) is 5.07. The molecule has 5 heteroatoms. The van der Waals surface area contributed by atoms with E-state index in [-0.39, 0.29) is 0 Å². The summed E-state index contributed by atoms with van der Waals surface area (Å²) in [6, 6.07) is 6.73. The number of nitrogens with one attached hydrogen (secondary N) is 1. The van der Waals surface area contributed by atoms with E-state index < -0.39 is 0 Å². The van der Waals surface area contributed by atoms with E-state index in [4.69, 9.17) is 0 Å². The van der Waals surface area contributed by atoms with Crippen molar-refractivity contribution >= 4 is 27.7 Å². The number of nitrogens with zero attached hydrogens (tertiary/aromatic N) is 2. The van der Waals surface area contributed by atoms with Gasteiger partial charge in [0.05, 0.1) is 0 Å². The van der Waals surface area contributed by atoms with Gasteiger partial charge in [-0.1, -0.05) is 34.6 Å². The molecule has 2 aromatic rings. The van der Waals surface area contributed by atoms with Crippen molar-refractivity contribution < 1.29 is 0 Å². The predicted octanol–water partition coefficient (Wildman–Crippen LogP) is 4.00. The number of imidazole rings is 1. The van der Waals surface area contributed by atoms with Gasteiger partial charge in [0, 0.05) is 34.9 Å². The Labute approximate surface area is 126 Å². The first kappa shape index (κ1) is 14.6. The van der Waals surface area contributed by atoms with Gasteiger partial charge in [-0.15, -0.1) is 0 Å². The van der Waals surface area contributed by atoms with Crippen molar-refractivity contribution in [1.82, 2.24) is 14.9 Å². The third-order valence-electron chi connectivity index (χ3n) is 2.93. The van der Waals surface area contributed by atoms with Gasteiger partial charge in [-0.2, -0.15) is 0 Å². The van der Waals surface area contributed by atoms with Crippen molar-refractivity contribution in [2.45, 2.75) is 29.9 Å². The predicted molar refractivity (Wildman–Crippen MR) is 83.6 cm³/mol. The van der Waals surface area contributed by atoms with E-state index in [1.807, 2.05) is 24.0 Å². The molecule has 2 rings (SSSR count). The Bertz CT molecular complexity index is 553. The SMILES string of the molecule is CCNC(C)c1cc(Br)ccc1Sc1nccn1C. The van der Waals surface area contributed by atoms with E-state index in [1.165, 1.54) is 10.5 Å². The second-order valence-electron chi connectivity index (χ2n) is 4.38. The zero-order chi connectivity index (χ0) is 13.8. The Balaban J connectivity index is 2.31. The largest absolute Gasteiger partial charge is 0.329 e. The lowest BCUT2D eigenvalue weighted by molar-refractivity contribution is 0.589. The van der Waals surface area contributed by atoms with Crippen LogP contribution in [-0.4, -0.2) is 16.1 Å². The van der Waals surface area contributed by atoms with Gasteiger partial charge < -0.3 is 9.88 Å². The van der Waals surface area contributed by atoms with E-state index >= 15 is 0 Å². The molecule has 1 atom stereocenters. The minimum atomic E-state index is 0.324. The molecular formula is C14H18BrN3S. The van der Waals surface area contributed by atoms with Crippen molar-refractivity contribution in [1.29, 1.82) is 0 Å². The third kappa shape index (κ3) is 3.61. The molecule has 1 aromatic carbocycles. The maximum absolute atomic E-state index is 4.37. The van der Waals surface area contributed by atoms with Crippen molar-refractivity contribution in [3.05, 3.63) is 40.6 Å². The summed E-state index contributed by atoms with van der Waals surface area (Å²) in [5, 5.41) is 4.47. The van der Waals surface area contributed by atoms with Gasteiger partial charge in [0.1, 0.15) is 0 Å². The van der Waals surface area contributed by atoms with Crippen LogP contribution in [0, 0.1) is 0 Å². The Morgan fingerprint density at radius 1 is 1.47 bits per heavy atom. The van der Waals surface area contributed by atoms with Crippen LogP contribution in [-0.2, 0) is 7.05 Å². The van der Waals surface area contributed by atoms with Gasteiger partial charge in [0.15, 0.2) is 5.16 Å². The molecule has 0 spiro atoms. The molecule has 0 saturated carbocycles. The van der Waals surface area contributed by atoms with Crippen molar-refractivity contribution in [3.8, 4) is 0 Å². The molecule has 0 amide bonds. The number of aryl methyl sites for hydroxylation is 1. The molecule has 0 saturated heterocycles. The van der Waals surface area contributed by atoms with Crippen LogP contribution < -0.4 is 5.32 Å². The molecule has 0 aliphatic rings. The highest BCUT2D eigenvalue weighted by atomic mass is 79.9. The molecular weight excluding hydrogens is 322 g/mol. The van der Waals surface area contributed by atoms with Crippen LogP contribution in [0.4, 0.5) is 0 Å². The van der Waals surface area contributed by atoms with Crippen LogP contribution in [0.1, 0.15) is 25.5 Å². The first-order valence-electron chi connectivity index (χ1n) is 6.29. The highest BCUT2D eigenvalue weighted by molar-refractivity contribution is 9.10. The molecule has 19 heavy (non-hydrogen) atoms. The van der Waals surface area contributed by atoms with Gasteiger partial charge in [-0.25, -0.2) is 4.98 Å². The number of aromatic nitrogens is 2. The number of benzene rings is 1. The third-order valence-corrected chi connectivity index (χ3v) is 4.59. The van der Waals surface area contributed by atoms with E-state index in [9.17, 15) is 0 Å². The number of rotatable bonds is 5. The zero-order valence-electron chi connectivity index (χ0n) is 11.4. The molecule has 1 aromatic heterocycles. The highest BCUT2D eigenvalue weighted by Crippen LogP contribution is 2.34. The molecule has 0 aliphatic heterocycles. The summed E-state index contributed by atoms with van der Waals surface area (Å²) in [5.74, 6) is 0. The maximum atomic E-state index is 4.37. The molecule has 0 aliphatic carbocycles. The summed E-state index contributed by atoms with van der Waals surface area (Å²) in [7, 11) is 2.02. The highest BCUT2D eigenvalue weighted by Gasteiger charge is 2.13. The molecule has 1 unspecified atom stereocenters. The van der Waals surface area contributed by atoms with Gasteiger partial charge in [0.25, 0.3) is 0 Å². The fourth-order valence-corrected chi connectivity index (χ4v) is 3.30. The molecule has 1 heterocycles. The lowest BCUT2D eigenvalue weighted by Gasteiger charge is -2.17. The average Bonchev–Trinajstić information content (AvgIpc) is 2.77. The molecule has 0 radical (unpaired) electrons. The van der Waals surface area contributed by atoms with Crippen LogP contribution in [0.3, 0.4) is 0 Å². The van der Waals surface area contributed by atoms with Gasteiger partial charge in [-0.05, 0) is 37.2 Å². The van der Waals surface area contributed by atoms with Crippen molar-refractivity contribution in [3.63, 3.8) is 0 Å². The van der Waals surface area contributed by atoms with E-state index in [1.54, 1.807) is 11.8 Å². The maximum Gasteiger partial charge on any atom is 0.172 e. The first-order valence-corrected chi connectivity index (χ1v) is 7.90. The summed E-state index contributed by atoms with van der Waals surface area (Å²) in [4.78, 5) is 5.62. The Morgan fingerprint density at radius 3 is 2.89 bits per heavy atom. The first-order chi connectivity index (χ1) is 9.11. The average molecular weight is 340 g/mol. The van der Waals surface area contributed by atoms with Crippen LogP contribution in [0.15, 0.2) is 45.1 Å². The Hall–Kier alpha value is -0.780. The van der Waals surface area contributed by atoms with Crippen LogP contribution >= 0.6 is 27.7 Å². The molecule has 0 fully saturated rings. The Morgan fingerprint density at radius 2 is 2.26 bits per heavy atom. The molecule has 0 bridgehead atoms. The second-order valence-corrected chi connectivity index (χ2v) is 6.31. The number of hydrogen-bond acceptors (Lipinski definition) is 3. The van der Waals surface area contributed by atoms with E-state index in [2.05, 4.69) is 58.3 Å². The molecule has 3 nitrogen and oxygen atoms in total. The minimum Gasteiger partial charge on any atom is -0.329 e. The molecule has 1 N–H and O–H groups in total. The van der Waals surface area contributed by atoms with Crippen molar-refractivity contribution in [2.24, 2.45) is 7.05 Å². The normalized spacial score (nSPS) is 12.6. The zero-order valence-corrected chi connectivity index (χ0v) is 13.8. The smallest absolute Gasteiger partial charge is 0.172 e. The van der Waals surface area contributed by atoms with Crippen molar-refractivity contribution in [2.75, 3.05) is 6.54 Å². The van der Waals surface area contributed by atoms with Crippen LogP contribution in [0.2, 0.25) is 0 Å². The fourth-order valence-electron chi connectivity index (χ4n) is 1.92. The lowest BCUT2D eigenvalue weighted by atomic mass is 10.1. The summed E-state index contributed by atoms with van der Waals surface area (Å²) in [6.07, 6.45) is 3.79. The lowest BCUT2D eigenvalue weighted by Crippen LogP contribution is -2.18. The minimum absolute atomic E-state index is 0.324. The van der Waals surface area contributed by atoms with Crippen LogP contribution in [0.25, 0.3) is 0 Å². The van der Waals surface area contributed by atoms with E-state index in [0.717, 1.165) is 16.2 Å². The van der Waals surface area contributed by atoms with Gasteiger partial charge in [-0.3, -0.25) is 0 Å². The standard InChI is InChI=1S/C14H18BrN3S/c1-4-16-10(2)12-9-11(15)5-6-13(12)19-14-17-7-8-18(14)3/h5-10,16H,4H2,1-3H3. The monoisotopic (exact) mass is 339 g/mol. The summed E-state index contributed by atoms with van der Waals surface area (Å²) < 4.78 is 3.14. The van der Waals surface area contributed by atoms with Gasteiger partial charge >= 0.3 is 0 Å². The van der Waals surface area contributed by atoms with Crippen LogP contribution in [0.5, 0.6) is 0 Å². The fraction of sp³-hybridized carbons (Fsp3) is 0.357. The van der Waals surface area contributed by atoms with Gasteiger partial charge in [0.2, 0.25) is 0 Å². The quantitative estimate of drug-likeness (QED) is 0.892. The summed E-state index contributed by atoms with van der Waals surface area (Å²) in [6.45, 7) is 5.27. The van der Waals surface area contributed by atoms with E-state index in [0.29, 0.717) is 6.04 Å².